The van der Waals surface area contributed by atoms with Gasteiger partial charge in [0.1, 0.15) is 17.2 Å². The number of aromatic nitrogens is 1. The summed E-state index contributed by atoms with van der Waals surface area (Å²) in [4.78, 5) is 7.41. The molecule has 1 atom stereocenters. The van der Waals surface area contributed by atoms with E-state index in [9.17, 15) is 0 Å². The second kappa shape index (κ2) is 7.88. The second-order valence-electron chi connectivity index (χ2n) is 9.31. The maximum atomic E-state index is 6.51. The lowest BCUT2D eigenvalue weighted by Crippen LogP contribution is -2.22. The molecule has 7 rings (SSSR count). The molecule has 4 nitrogen and oxygen atoms in total. The van der Waals surface area contributed by atoms with Gasteiger partial charge in [0.25, 0.3) is 0 Å². The van der Waals surface area contributed by atoms with Crippen LogP contribution in [0, 0.1) is 0 Å². The predicted octanol–water partition coefficient (Wildman–Crippen LogP) is 7.17. The van der Waals surface area contributed by atoms with E-state index in [2.05, 4.69) is 102 Å². The molecule has 5 aromatic rings. The molecule has 0 aliphatic carbocycles. The molecule has 0 amide bonds. The van der Waals surface area contributed by atoms with Gasteiger partial charge in [0.2, 0.25) is 0 Å². The van der Waals surface area contributed by atoms with E-state index >= 15 is 0 Å². The number of furan rings is 1. The third-order valence-electron chi connectivity index (χ3n) is 7.04. The first kappa shape index (κ1) is 20.1. The van der Waals surface area contributed by atoms with Crippen LogP contribution in [0.4, 0.5) is 0 Å². The van der Waals surface area contributed by atoms with Gasteiger partial charge in [-0.3, -0.25) is 9.56 Å². The molecular weight excluding hydrogens is 430 g/mol. The van der Waals surface area contributed by atoms with Gasteiger partial charge in [-0.25, -0.2) is 0 Å². The van der Waals surface area contributed by atoms with E-state index in [0.29, 0.717) is 0 Å². The Hall–Kier alpha value is -4.31. The highest BCUT2D eigenvalue weighted by molar-refractivity contribution is 6.23. The van der Waals surface area contributed by atoms with Crippen LogP contribution in [0.5, 0.6) is 0 Å². The van der Waals surface area contributed by atoms with Crippen LogP contribution in [0.3, 0.4) is 0 Å². The largest absolute Gasteiger partial charge is 0.455 e. The fourth-order valence-electron chi connectivity index (χ4n) is 5.28. The molecule has 3 aromatic carbocycles. The molecule has 2 aromatic heterocycles. The van der Waals surface area contributed by atoms with E-state index in [1.807, 2.05) is 18.2 Å². The van der Waals surface area contributed by atoms with Gasteiger partial charge in [-0.05, 0) is 54.6 Å². The summed E-state index contributed by atoms with van der Waals surface area (Å²) in [5.74, 6) is 1.86. The Labute approximate surface area is 203 Å². The zero-order valence-corrected chi connectivity index (χ0v) is 19.6. The molecule has 4 heterocycles. The Kier molecular flexibility index (Phi) is 4.52. The summed E-state index contributed by atoms with van der Waals surface area (Å²) in [6.07, 6.45) is 11.9. The van der Waals surface area contributed by atoms with E-state index in [1.54, 1.807) is 0 Å². The smallest absolute Gasteiger partial charge is 0.144 e. The van der Waals surface area contributed by atoms with Gasteiger partial charge < -0.3 is 9.32 Å². The van der Waals surface area contributed by atoms with Crippen LogP contribution in [0.2, 0.25) is 0 Å². The summed E-state index contributed by atoms with van der Waals surface area (Å²) in [6.45, 7) is 0.923. The summed E-state index contributed by atoms with van der Waals surface area (Å²) in [6, 6.07) is 25.5. The number of benzene rings is 3. The average Bonchev–Trinajstić information content (AvgIpc) is 3.49. The highest BCUT2D eigenvalue weighted by atomic mass is 16.3. The molecule has 0 saturated carbocycles. The Balaban J connectivity index is 1.44. The number of allylic oxidation sites excluding steroid dienone is 1. The van der Waals surface area contributed by atoms with Crippen molar-refractivity contribution in [3.63, 3.8) is 0 Å². The first-order valence-electron chi connectivity index (χ1n) is 12.1. The Morgan fingerprint density at radius 2 is 1.77 bits per heavy atom. The topological polar surface area (TPSA) is 33.7 Å². The fourth-order valence-corrected chi connectivity index (χ4v) is 5.28. The van der Waals surface area contributed by atoms with E-state index in [1.165, 1.54) is 11.0 Å². The van der Waals surface area contributed by atoms with Crippen LogP contribution in [-0.4, -0.2) is 34.9 Å². The van der Waals surface area contributed by atoms with Gasteiger partial charge >= 0.3 is 0 Å². The fraction of sp³-hybridized carbons (Fsp3) is 0.129. The molecule has 4 heteroatoms. The van der Waals surface area contributed by atoms with Crippen molar-refractivity contribution in [2.75, 3.05) is 13.6 Å². The second-order valence-corrected chi connectivity index (χ2v) is 9.31. The summed E-state index contributed by atoms with van der Waals surface area (Å²) in [5.41, 5.74) is 5.55. The normalized spacial score (nSPS) is 18.0. The van der Waals surface area contributed by atoms with Gasteiger partial charge in [-0.1, -0.05) is 60.7 Å². The lowest BCUT2D eigenvalue weighted by atomic mass is 10.0. The first-order valence-corrected chi connectivity index (χ1v) is 12.1. The number of aliphatic imine (C=N–C) groups is 1. The summed E-state index contributed by atoms with van der Waals surface area (Å²) >= 11 is 0. The maximum absolute atomic E-state index is 6.51. The van der Waals surface area contributed by atoms with Crippen molar-refractivity contribution in [1.29, 1.82) is 0 Å². The van der Waals surface area contributed by atoms with Crippen molar-refractivity contribution >= 4 is 38.6 Å². The van der Waals surface area contributed by atoms with Crippen molar-refractivity contribution in [2.24, 2.45) is 4.99 Å². The zero-order valence-electron chi connectivity index (χ0n) is 19.6. The van der Waals surface area contributed by atoms with E-state index < -0.39 is 0 Å². The Morgan fingerprint density at radius 1 is 0.914 bits per heavy atom. The standard InChI is InChI=1S/C31H25N3O/c1-33-18-16-21(17-19-33)25-11-7-13-29(32-25)34-26-12-6-5-10-24(26)30-27(34)15-14-23-20-28(35-31(23)30)22-8-3-2-4-9-22/h2-10,12-18,20,25H,11,19H2,1H3. The quantitative estimate of drug-likeness (QED) is 0.283. The molecule has 0 spiro atoms. The number of dihydropyridines is 1. The molecular formula is C31H25N3O. The van der Waals surface area contributed by atoms with Crippen LogP contribution >= 0.6 is 0 Å². The van der Waals surface area contributed by atoms with Crippen molar-refractivity contribution in [1.82, 2.24) is 9.47 Å². The van der Waals surface area contributed by atoms with Gasteiger partial charge in [0, 0.05) is 29.9 Å². The number of nitrogens with zero attached hydrogens (tertiary/aromatic N) is 3. The van der Waals surface area contributed by atoms with E-state index in [4.69, 9.17) is 9.41 Å². The number of likely N-dealkylation sites (N-methyl/N-ethyl adjacent to an activating group) is 1. The molecule has 2 aliphatic heterocycles. The van der Waals surface area contributed by atoms with Crippen molar-refractivity contribution < 1.29 is 4.42 Å². The minimum atomic E-state index is 0.133. The van der Waals surface area contributed by atoms with Crippen LogP contribution < -0.4 is 0 Å². The molecule has 0 fully saturated rings. The Bertz CT molecular complexity index is 1710. The first-order chi connectivity index (χ1) is 17.3. The lowest BCUT2D eigenvalue weighted by molar-refractivity contribution is 0.498. The van der Waals surface area contributed by atoms with Gasteiger partial charge in [0.05, 0.1) is 22.5 Å². The number of hydrogen-bond acceptors (Lipinski definition) is 3. The van der Waals surface area contributed by atoms with Crippen LogP contribution in [0.1, 0.15) is 6.42 Å². The average molecular weight is 456 g/mol. The molecule has 170 valence electrons. The molecule has 0 saturated heterocycles. The van der Waals surface area contributed by atoms with Gasteiger partial charge in [-0.2, -0.15) is 0 Å². The van der Waals surface area contributed by atoms with Gasteiger partial charge in [-0.15, -0.1) is 0 Å². The molecule has 1 unspecified atom stereocenters. The molecule has 0 N–H and O–H groups in total. The maximum Gasteiger partial charge on any atom is 0.144 e. The summed E-state index contributed by atoms with van der Waals surface area (Å²) in [5, 5.41) is 3.43. The van der Waals surface area contributed by atoms with Gasteiger partial charge in [0.15, 0.2) is 0 Å². The van der Waals surface area contributed by atoms with Crippen molar-refractivity contribution in [2.45, 2.75) is 12.5 Å². The van der Waals surface area contributed by atoms with E-state index in [-0.39, 0.29) is 6.04 Å². The number of hydrogen-bond donors (Lipinski definition) is 0. The summed E-state index contributed by atoms with van der Waals surface area (Å²) < 4.78 is 8.80. The van der Waals surface area contributed by atoms with Crippen LogP contribution in [0.15, 0.2) is 118 Å². The number of para-hydroxylation sites is 1. The van der Waals surface area contributed by atoms with Crippen LogP contribution in [0.25, 0.3) is 44.1 Å². The molecule has 0 radical (unpaired) electrons. The van der Waals surface area contributed by atoms with E-state index in [0.717, 1.165) is 57.5 Å². The highest BCUT2D eigenvalue weighted by Gasteiger charge is 2.22. The monoisotopic (exact) mass is 455 g/mol. The SMILES string of the molecule is CN1C=CC(C2CC=CC(n3c4ccccc4c4c5oc(-c6ccccc6)cc5ccc43)=N2)=CC1. The lowest BCUT2D eigenvalue weighted by Gasteiger charge is -2.23. The number of rotatable bonds is 2. The van der Waals surface area contributed by atoms with Crippen LogP contribution in [-0.2, 0) is 0 Å². The minimum absolute atomic E-state index is 0.133. The molecule has 0 bridgehead atoms. The van der Waals surface area contributed by atoms with Crippen molar-refractivity contribution in [3.05, 3.63) is 109 Å². The Morgan fingerprint density at radius 3 is 2.63 bits per heavy atom. The molecule has 2 aliphatic rings. The zero-order chi connectivity index (χ0) is 23.4. The highest BCUT2D eigenvalue weighted by Crippen LogP contribution is 2.38. The third-order valence-corrected chi connectivity index (χ3v) is 7.04. The summed E-state index contributed by atoms with van der Waals surface area (Å²) in [7, 11) is 2.09. The third kappa shape index (κ3) is 3.25. The minimum Gasteiger partial charge on any atom is -0.455 e. The predicted molar refractivity (Wildman–Crippen MR) is 145 cm³/mol. The molecule has 35 heavy (non-hydrogen) atoms. The number of fused-ring (bicyclic) bond motifs is 5. The van der Waals surface area contributed by atoms with Crippen molar-refractivity contribution in [3.8, 4) is 11.3 Å².